The van der Waals surface area contributed by atoms with Crippen molar-refractivity contribution in [3.05, 3.63) is 54.0 Å². The molecule has 0 aliphatic heterocycles. The molecule has 18 heavy (non-hydrogen) atoms. The number of hydrogen-bond donors (Lipinski definition) is 0. The second kappa shape index (κ2) is 5.77. The molecule has 5 nitrogen and oxygen atoms in total. The van der Waals surface area contributed by atoms with E-state index in [1.54, 1.807) is 18.3 Å². The summed E-state index contributed by atoms with van der Waals surface area (Å²) in [6.45, 7) is 0.339. The fraction of sp³-hybridized carbons (Fsp3) is 0.154. The summed E-state index contributed by atoms with van der Waals surface area (Å²) in [5.74, 6) is 0.0204. The Morgan fingerprint density at radius 3 is 2.72 bits per heavy atom. The topological polar surface area (TPSA) is 61.3 Å². The minimum Gasteiger partial charge on any atom is -0.471 e. The standard InChI is InChI=1S/C13H12N2O3/c1-17-13(16)10-5-6-12(15-8-10)18-9-11-4-2-3-7-14-11/h2-8H,9H2,1H3. The maximum absolute atomic E-state index is 11.2. The predicted octanol–water partition coefficient (Wildman–Crippen LogP) is 1.84. The van der Waals surface area contributed by atoms with Gasteiger partial charge in [-0.2, -0.15) is 0 Å². The zero-order chi connectivity index (χ0) is 12.8. The number of nitrogens with zero attached hydrogens (tertiary/aromatic N) is 2. The first kappa shape index (κ1) is 12.0. The summed E-state index contributed by atoms with van der Waals surface area (Å²) >= 11 is 0. The Kier molecular flexibility index (Phi) is 3.86. The maximum Gasteiger partial charge on any atom is 0.339 e. The Morgan fingerprint density at radius 2 is 2.11 bits per heavy atom. The third kappa shape index (κ3) is 3.04. The summed E-state index contributed by atoms with van der Waals surface area (Å²) < 4.78 is 10.0. The zero-order valence-electron chi connectivity index (χ0n) is 9.87. The van der Waals surface area contributed by atoms with Crippen LogP contribution in [0.4, 0.5) is 0 Å². The van der Waals surface area contributed by atoms with Crippen molar-refractivity contribution in [1.29, 1.82) is 0 Å². The molecule has 2 heterocycles. The van der Waals surface area contributed by atoms with E-state index in [9.17, 15) is 4.79 Å². The Labute approximate surface area is 104 Å². The van der Waals surface area contributed by atoms with E-state index < -0.39 is 5.97 Å². The highest BCUT2D eigenvalue weighted by Crippen LogP contribution is 2.10. The van der Waals surface area contributed by atoms with E-state index in [4.69, 9.17) is 4.74 Å². The van der Waals surface area contributed by atoms with E-state index in [1.807, 2.05) is 18.2 Å². The van der Waals surface area contributed by atoms with Gasteiger partial charge in [-0.3, -0.25) is 4.98 Å². The van der Waals surface area contributed by atoms with Crippen LogP contribution in [0.5, 0.6) is 5.88 Å². The van der Waals surface area contributed by atoms with Crippen LogP contribution in [0.15, 0.2) is 42.7 Å². The van der Waals surface area contributed by atoms with E-state index in [2.05, 4.69) is 14.7 Å². The van der Waals surface area contributed by atoms with Gasteiger partial charge in [0.05, 0.1) is 18.4 Å². The van der Waals surface area contributed by atoms with Crippen LogP contribution in [0.3, 0.4) is 0 Å². The molecule has 0 N–H and O–H groups in total. The molecule has 0 aliphatic rings. The fourth-order valence-electron chi connectivity index (χ4n) is 1.34. The van der Waals surface area contributed by atoms with Gasteiger partial charge in [-0.25, -0.2) is 9.78 Å². The van der Waals surface area contributed by atoms with Gasteiger partial charge >= 0.3 is 5.97 Å². The lowest BCUT2D eigenvalue weighted by atomic mass is 10.3. The first-order chi connectivity index (χ1) is 8.79. The summed E-state index contributed by atoms with van der Waals surface area (Å²) in [7, 11) is 1.33. The predicted molar refractivity (Wildman–Crippen MR) is 64.1 cm³/mol. The lowest BCUT2D eigenvalue weighted by molar-refractivity contribution is 0.0600. The molecule has 2 aromatic rings. The van der Waals surface area contributed by atoms with Gasteiger partial charge in [-0.1, -0.05) is 6.07 Å². The molecule has 0 saturated carbocycles. The van der Waals surface area contributed by atoms with Gasteiger partial charge in [0.25, 0.3) is 0 Å². The number of rotatable bonds is 4. The molecular formula is C13H12N2O3. The second-order valence-electron chi connectivity index (χ2n) is 3.49. The molecule has 0 fully saturated rings. The van der Waals surface area contributed by atoms with Gasteiger partial charge < -0.3 is 9.47 Å². The molecule has 0 radical (unpaired) electrons. The summed E-state index contributed by atoms with van der Waals surface area (Å²) in [6.07, 6.45) is 3.12. The van der Waals surface area contributed by atoms with E-state index in [1.165, 1.54) is 13.3 Å². The number of methoxy groups -OCH3 is 1. The van der Waals surface area contributed by atoms with Gasteiger partial charge in [0, 0.05) is 18.5 Å². The monoisotopic (exact) mass is 244 g/mol. The molecule has 2 aromatic heterocycles. The van der Waals surface area contributed by atoms with Crippen molar-refractivity contribution < 1.29 is 14.3 Å². The molecule has 0 aromatic carbocycles. The minimum absolute atomic E-state index is 0.339. The first-order valence-corrected chi connectivity index (χ1v) is 5.36. The van der Waals surface area contributed by atoms with Gasteiger partial charge in [0.15, 0.2) is 0 Å². The molecule has 92 valence electrons. The van der Waals surface area contributed by atoms with Crippen molar-refractivity contribution in [2.45, 2.75) is 6.61 Å². The molecule has 0 saturated heterocycles. The Balaban J connectivity index is 1.97. The SMILES string of the molecule is COC(=O)c1ccc(OCc2ccccn2)nc1. The van der Waals surface area contributed by atoms with Gasteiger partial charge in [-0.05, 0) is 18.2 Å². The van der Waals surface area contributed by atoms with Crippen LogP contribution >= 0.6 is 0 Å². The molecule has 0 bridgehead atoms. The van der Waals surface area contributed by atoms with Crippen LogP contribution in [0.1, 0.15) is 16.1 Å². The third-order valence-corrected chi connectivity index (χ3v) is 2.25. The van der Waals surface area contributed by atoms with Crippen LogP contribution in [0.2, 0.25) is 0 Å². The normalized spacial score (nSPS) is 9.83. The Morgan fingerprint density at radius 1 is 1.22 bits per heavy atom. The van der Waals surface area contributed by atoms with Crippen molar-refractivity contribution >= 4 is 5.97 Å². The second-order valence-corrected chi connectivity index (χ2v) is 3.49. The van der Waals surface area contributed by atoms with Crippen LogP contribution in [-0.2, 0) is 11.3 Å². The van der Waals surface area contributed by atoms with E-state index in [0.29, 0.717) is 18.1 Å². The fourth-order valence-corrected chi connectivity index (χ4v) is 1.34. The van der Waals surface area contributed by atoms with Crippen LogP contribution in [0, 0.1) is 0 Å². The molecule has 0 spiro atoms. The number of ether oxygens (including phenoxy) is 2. The number of hydrogen-bond acceptors (Lipinski definition) is 5. The lowest BCUT2D eigenvalue weighted by Crippen LogP contribution is -2.03. The highest BCUT2D eigenvalue weighted by Gasteiger charge is 2.05. The van der Waals surface area contributed by atoms with E-state index >= 15 is 0 Å². The van der Waals surface area contributed by atoms with Crippen molar-refractivity contribution in [1.82, 2.24) is 9.97 Å². The molecule has 5 heteroatoms. The number of aromatic nitrogens is 2. The van der Waals surface area contributed by atoms with Crippen LogP contribution in [0.25, 0.3) is 0 Å². The van der Waals surface area contributed by atoms with Gasteiger partial charge in [0.1, 0.15) is 6.61 Å². The van der Waals surface area contributed by atoms with Crippen molar-refractivity contribution in [2.75, 3.05) is 7.11 Å². The molecule has 0 amide bonds. The smallest absolute Gasteiger partial charge is 0.339 e. The molecule has 0 unspecified atom stereocenters. The summed E-state index contributed by atoms with van der Waals surface area (Å²) in [6, 6.07) is 8.82. The van der Waals surface area contributed by atoms with Crippen molar-refractivity contribution in [3.8, 4) is 5.88 Å². The number of pyridine rings is 2. The summed E-state index contributed by atoms with van der Waals surface area (Å²) in [5, 5.41) is 0. The highest BCUT2D eigenvalue weighted by molar-refractivity contribution is 5.88. The number of esters is 1. The number of carbonyl (C=O) groups excluding carboxylic acids is 1. The highest BCUT2D eigenvalue weighted by atomic mass is 16.5. The molecule has 0 aliphatic carbocycles. The van der Waals surface area contributed by atoms with E-state index in [0.717, 1.165) is 5.69 Å². The average molecular weight is 244 g/mol. The Hall–Kier alpha value is -2.43. The Bertz CT molecular complexity index is 512. The minimum atomic E-state index is -0.418. The quantitative estimate of drug-likeness (QED) is 0.768. The number of carbonyl (C=O) groups is 1. The summed E-state index contributed by atoms with van der Waals surface area (Å²) in [4.78, 5) is 19.3. The summed E-state index contributed by atoms with van der Waals surface area (Å²) in [5.41, 5.74) is 1.21. The maximum atomic E-state index is 11.2. The lowest BCUT2D eigenvalue weighted by Gasteiger charge is -2.05. The van der Waals surface area contributed by atoms with Crippen molar-refractivity contribution in [2.24, 2.45) is 0 Å². The largest absolute Gasteiger partial charge is 0.471 e. The molecule has 0 atom stereocenters. The molecular weight excluding hydrogens is 232 g/mol. The van der Waals surface area contributed by atoms with Crippen LogP contribution < -0.4 is 4.74 Å². The van der Waals surface area contributed by atoms with Crippen molar-refractivity contribution in [3.63, 3.8) is 0 Å². The molecule has 2 rings (SSSR count). The first-order valence-electron chi connectivity index (χ1n) is 5.36. The third-order valence-electron chi connectivity index (χ3n) is 2.25. The van der Waals surface area contributed by atoms with E-state index in [-0.39, 0.29) is 0 Å². The average Bonchev–Trinajstić information content (AvgIpc) is 2.46. The van der Waals surface area contributed by atoms with Crippen LogP contribution in [-0.4, -0.2) is 23.0 Å². The van der Waals surface area contributed by atoms with Gasteiger partial charge in [0.2, 0.25) is 5.88 Å². The zero-order valence-corrected chi connectivity index (χ0v) is 9.87. The van der Waals surface area contributed by atoms with Gasteiger partial charge in [-0.15, -0.1) is 0 Å².